The van der Waals surface area contributed by atoms with E-state index in [2.05, 4.69) is 4.98 Å². The van der Waals surface area contributed by atoms with Crippen molar-refractivity contribution in [3.05, 3.63) is 28.7 Å². The van der Waals surface area contributed by atoms with Gasteiger partial charge in [-0.1, -0.05) is 0 Å². The molecule has 1 fully saturated rings. The molecule has 80 valence electrons. The predicted octanol–water partition coefficient (Wildman–Crippen LogP) is 1.67. The Hall–Kier alpha value is -1.42. The third kappa shape index (κ3) is 1.51. The van der Waals surface area contributed by atoms with Crippen molar-refractivity contribution in [2.24, 2.45) is 0 Å². The molecule has 0 unspecified atom stereocenters. The Labute approximate surface area is 92.5 Å². The van der Waals surface area contributed by atoms with Crippen molar-refractivity contribution < 1.29 is 0 Å². The van der Waals surface area contributed by atoms with Crippen LogP contribution in [0.25, 0.3) is 11.0 Å². The quantitative estimate of drug-likeness (QED) is 0.726. The molecule has 1 aromatic carbocycles. The molecule has 0 atom stereocenters. The van der Waals surface area contributed by atoms with Crippen LogP contribution in [0.5, 0.6) is 0 Å². The van der Waals surface area contributed by atoms with Gasteiger partial charge in [0.1, 0.15) is 0 Å². The van der Waals surface area contributed by atoms with E-state index in [4.69, 9.17) is 5.73 Å². The second-order valence-corrected chi connectivity index (χ2v) is 3.81. The van der Waals surface area contributed by atoms with Gasteiger partial charge in [-0.25, -0.2) is 4.79 Å². The van der Waals surface area contributed by atoms with Crippen molar-refractivity contribution in [1.82, 2.24) is 9.55 Å². The third-order valence-electron chi connectivity index (χ3n) is 2.65. The summed E-state index contributed by atoms with van der Waals surface area (Å²) in [6.45, 7) is 0. The first-order valence-electron chi connectivity index (χ1n) is 4.75. The van der Waals surface area contributed by atoms with E-state index in [0.29, 0.717) is 11.7 Å². The normalized spacial score (nSPS) is 15.2. The number of aromatic nitrogens is 2. The number of H-pyrrole nitrogens is 1. The van der Waals surface area contributed by atoms with E-state index in [-0.39, 0.29) is 18.1 Å². The second kappa shape index (κ2) is 3.31. The van der Waals surface area contributed by atoms with Gasteiger partial charge in [0.05, 0.1) is 11.0 Å². The van der Waals surface area contributed by atoms with E-state index in [1.54, 1.807) is 6.07 Å². The first kappa shape index (κ1) is 10.1. The van der Waals surface area contributed by atoms with E-state index in [1.807, 2.05) is 16.7 Å². The minimum absolute atomic E-state index is 0. The number of nitrogens with two attached hydrogens (primary N) is 1. The van der Waals surface area contributed by atoms with Gasteiger partial charge in [0.15, 0.2) is 0 Å². The molecule has 0 aliphatic heterocycles. The lowest BCUT2D eigenvalue weighted by atomic mass is 10.3. The smallest absolute Gasteiger partial charge is 0.326 e. The summed E-state index contributed by atoms with van der Waals surface area (Å²) < 4.78 is 1.81. The van der Waals surface area contributed by atoms with E-state index in [1.165, 1.54) is 0 Å². The molecule has 1 aliphatic carbocycles. The Morgan fingerprint density at radius 2 is 2.13 bits per heavy atom. The van der Waals surface area contributed by atoms with Gasteiger partial charge in [-0.2, -0.15) is 0 Å². The molecular formula is C10H12ClN3O. The van der Waals surface area contributed by atoms with Crippen molar-refractivity contribution in [2.75, 3.05) is 5.73 Å². The molecule has 0 spiro atoms. The maximum atomic E-state index is 11.6. The molecule has 2 aromatic rings. The topological polar surface area (TPSA) is 63.8 Å². The number of benzene rings is 1. The monoisotopic (exact) mass is 225 g/mol. The Morgan fingerprint density at radius 1 is 1.40 bits per heavy atom. The van der Waals surface area contributed by atoms with Gasteiger partial charge in [-0.15, -0.1) is 12.4 Å². The van der Waals surface area contributed by atoms with Crippen LogP contribution >= 0.6 is 12.4 Å². The second-order valence-electron chi connectivity index (χ2n) is 3.81. The number of nitrogens with zero attached hydrogens (tertiary/aromatic N) is 1. The molecule has 0 amide bonds. The zero-order chi connectivity index (χ0) is 9.71. The highest BCUT2D eigenvalue weighted by Gasteiger charge is 2.26. The standard InChI is InChI=1S/C10H11N3O.ClH/c11-6-1-4-8-9(5-6)13(7-2-3-7)10(14)12-8;/h1,4-5,7H,2-3,11H2,(H,12,14);1H. The summed E-state index contributed by atoms with van der Waals surface area (Å²) >= 11 is 0. The number of nitrogen functional groups attached to an aromatic ring is 1. The number of imidazole rings is 1. The molecule has 4 nitrogen and oxygen atoms in total. The molecule has 1 aliphatic rings. The Morgan fingerprint density at radius 3 is 2.80 bits per heavy atom. The van der Waals surface area contributed by atoms with E-state index in [9.17, 15) is 4.79 Å². The highest BCUT2D eigenvalue weighted by atomic mass is 35.5. The lowest BCUT2D eigenvalue weighted by Crippen LogP contribution is -2.14. The number of fused-ring (bicyclic) bond motifs is 1. The first-order chi connectivity index (χ1) is 6.75. The Bertz CT molecular complexity index is 553. The number of hydrogen-bond acceptors (Lipinski definition) is 2. The molecule has 0 radical (unpaired) electrons. The minimum atomic E-state index is -0.0203. The van der Waals surface area contributed by atoms with Gasteiger partial charge >= 0.3 is 5.69 Å². The number of anilines is 1. The molecule has 1 saturated carbocycles. The molecule has 5 heteroatoms. The van der Waals surface area contributed by atoms with Crippen LogP contribution in [0, 0.1) is 0 Å². The fraction of sp³-hybridized carbons (Fsp3) is 0.300. The summed E-state index contributed by atoms with van der Waals surface area (Å²) in [6.07, 6.45) is 2.20. The Kier molecular flexibility index (Phi) is 2.23. The maximum absolute atomic E-state index is 11.6. The first-order valence-corrected chi connectivity index (χ1v) is 4.75. The zero-order valence-corrected chi connectivity index (χ0v) is 8.88. The molecule has 15 heavy (non-hydrogen) atoms. The van der Waals surface area contributed by atoms with Crippen LogP contribution in [0.3, 0.4) is 0 Å². The van der Waals surface area contributed by atoms with Crippen molar-refractivity contribution in [3.8, 4) is 0 Å². The van der Waals surface area contributed by atoms with E-state index in [0.717, 1.165) is 23.9 Å². The van der Waals surface area contributed by atoms with Crippen LogP contribution in [0.4, 0.5) is 5.69 Å². The number of rotatable bonds is 1. The van der Waals surface area contributed by atoms with Gasteiger partial charge < -0.3 is 10.7 Å². The van der Waals surface area contributed by atoms with Crippen molar-refractivity contribution in [1.29, 1.82) is 0 Å². The molecule has 1 aromatic heterocycles. The fourth-order valence-electron chi connectivity index (χ4n) is 1.83. The summed E-state index contributed by atoms with van der Waals surface area (Å²) in [5.41, 5.74) is 8.17. The number of hydrogen-bond donors (Lipinski definition) is 2. The van der Waals surface area contributed by atoms with Crippen LogP contribution in [0.1, 0.15) is 18.9 Å². The van der Waals surface area contributed by atoms with Gasteiger partial charge in [0, 0.05) is 11.7 Å². The third-order valence-corrected chi connectivity index (χ3v) is 2.65. The average Bonchev–Trinajstić information content (AvgIpc) is 2.90. The van der Waals surface area contributed by atoms with Gasteiger partial charge in [0.2, 0.25) is 0 Å². The summed E-state index contributed by atoms with van der Waals surface area (Å²) in [4.78, 5) is 14.4. The summed E-state index contributed by atoms with van der Waals surface area (Å²) in [5.74, 6) is 0. The van der Waals surface area contributed by atoms with Crippen LogP contribution in [-0.4, -0.2) is 9.55 Å². The predicted molar refractivity (Wildman–Crippen MR) is 62.5 cm³/mol. The molecule has 0 saturated heterocycles. The van der Waals surface area contributed by atoms with Crippen LogP contribution in [-0.2, 0) is 0 Å². The molecule has 3 rings (SSSR count). The summed E-state index contributed by atoms with van der Waals surface area (Å²) in [5, 5.41) is 0. The molecule has 1 heterocycles. The van der Waals surface area contributed by atoms with Gasteiger partial charge in [0.25, 0.3) is 0 Å². The fourth-order valence-corrected chi connectivity index (χ4v) is 1.83. The molecule has 3 N–H and O–H groups in total. The zero-order valence-electron chi connectivity index (χ0n) is 8.06. The van der Waals surface area contributed by atoms with Crippen LogP contribution in [0.2, 0.25) is 0 Å². The Balaban J connectivity index is 0.000000853. The number of halogens is 1. The summed E-state index contributed by atoms with van der Waals surface area (Å²) in [6, 6.07) is 5.89. The van der Waals surface area contributed by atoms with Gasteiger partial charge in [-0.05, 0) is 31.0 Å². The number of nitrogens with one attached hydrogen (secondary N) is 1. The van der Waals surface area contributed by atoms with Crippen molar-refractivity contribution >= 4 is 29.1 Å². The highest BCUT2D eigenvalue weighted by molar-refractivity contribution is 5.85. The molecular weight excluding hydrogens is 214 g/mol. The van der Waals surface area contributed by atoms with Crippen LogP contribution in [0.15, 0.2) is 23.0 Å². The minimum Gasteiger partial charge on any atom is -0.399 e. The largest absolute Gasteiger partial charge is 0.399 e. The van der Waals surface area contributed by atoms with Gasteiger partial charge in [-0.3, -0.25) is 4.57 Å². The highest BCUT2D eigenvalue weighted by Crippen LogP contribution is 2.35. The lowest BCUT2D eigenvalue weighted by Gasteiger charge is -1.99. The SMILES string of the molecule is Cl.Nc1ccc2[nH]c(=O)n(C3CC3)c2c1. The van der Waals surface area contributed by atoms with Crippen molar-refractivity contribution in [3.63, 3.8) is 0 Å². The van der Waals surface area contributed by atoms with E-state index < -0.39 is 0 Å². The summed E-state index contributed by atoms with van der Waals surface area (Å²) in [7, 11) is 0. The van der Waals surface area contributed by atoms with E-state index >= 15 is 0 Å². The maximum Gasteiger partial charge on any atom is 0.326 e. The number of aromatic amines is 1. The van der Waals surface area contributed by atoms with Crippen molar-refractivity contribution in [2.45, 2.75) is 18.9 Å². The molecule has 0 bridgehead atoms. The lowest BCUT2D eigenvalue weighted by molar-refractivity contribution is 0.733. The van der Waals surface area contributed by atoms with Crippen LogP contribution < -0.4 is 11.4 Å². The average molecular weight is 226 g/mol.